The molecule has 0 spiro atoms. The molecule has 4 heteroatoms. The monoisotopic (exact) mass is 267 g/mol. The number of benzene rings is 1. The van der Waals surface area contributed by atoms with Gasteiger partial charge in [-0.15, -0.1) is 0 Å². The third-order valence-electron chi connectivity index (χ3n) is 2.84. The number of aryl methyl sites for hydroxylation is 1. The molecule has 0 saturated carbocycles. The van der Waals surface area contributed by atoms with Crippen LogP contribution in [0.25, 0.3) is 0 Å². The zero-order chi connectivity index (χ0) is 14.8. The number of nitrogens with zero attached hydrogens (tertiary/aromatic N) is 3. The number of hydrogen-bond acceptors (Lipinski definition) is 4. The molecule has 1 aromatic heterocycles. The van der Waals surface area contributed by atoms with Gasteiger partial charge in [0.2, 0.25) is 0 Å². The topological polar surface area (TPSA) is 58.8 Å². The maximum absolute atomic E-state index is 8.94. The molecule has 4 nitrogen and oxygen atoms in total. The molecule has 0 fully saturated rings. The predicted octanol–water partition coefficient (Wildman–Crippen LogP) is 3.75. The Morgan fingerprint density at radius 1 is 1.15 bits per heavy atom. The maximum atomic E-state index is 8.94. The van der Waals surface area contributed by atoms with E-state index in [4.69, 9.17) is 10.00 Å². The van der Waals surface area contributed by atoms with Crippen molar-refractivity contribution in [2.45, 2.75) is 33.1 Å². The van der Waals surface area contributed by atoms with Gasteiger partial charge in [-0.05, 0) is 24.5 Å². The Morgan fingerprint density at radius 3 is 2.50 bits per heavy atom. The highest BCUT2D eigenvalue weighted by molar-refractivity contribution is 5.40. The lowest BCUT2D eigenvalue weighted by atomic mass is 9.86. The summed E-state index contributed by atoms with van der Waals surface area (Å²) in [6, 6.07) is 11.6. The van der Waals surface area contributed by atoms with Crippen molar-refractivity contribution < 1.29 is 4.74 Å². The van der Waals surface area contributed by atoms with E-state index in [1.807, 2.05) is 37.3 Å². The van der Waals surface area contributed by atoms with Gasteiger partial charge in [0.05, 0.1) is 0 Å². The summed E-state index contributed by atoms with van der Waals surface area (Å²) in [6.07, 6.45) is 0. The van der Waals surface area contributed by atoms with Crippen molar-refractivity contribution >= 4 is 0 Å². The van der Waals surface area contributed by atoms with E-state index in [1.54, 1.807) is 6.07 Å². The van der Waals surface area contributed by atoms with Gasteiger partial charge >= 0.3 is 6.01 Å². The van der Waals surface area contributed by atoms with E-state index < -0.39 is 0 Å². The maximum Gasteiger partial charge on any atom is 0.323 e. The van der Waals surface area contributed by atoms with Crippen molar-refractivity contribution in [1.29, 1.82) is 5.26 Å². The number of rotatable bonds is 2. The van der Waals surface area contributed by atoms with Gasteiger partial charge in [-0.3, -0.25) is 0 Å². The van der Waals surface area contributed by atoms with Gasteiger partial charge in [0.25, 0.3) is 0 Å². The molecule has 2 aromatic rings. The van der Waals surface area contributed by atoms with E-state index in [0.29, 0.717) is 11.4 Å². The first-order chi connectivity index (χ1) is 9.40. The van der Waals surface area contributed by atoms with Crippen LogP contribution < -0.4 is 4.74 Å². The molecule has 0 amide bonds. The number of aromatic nitrogens is 2. The summed E-state index contributed by atoms with van der Waals surface area (Å²) in [4.78, 5) is 8.29. The van der Waals surface area contributed by atoms with Crippen LogP contribution in [0.3, 0.4) is 0 Å². The van der Waals surface area contributed by atoms with Crippen LogP contribution in [-0.4, -0.2) is 9.97 Å². The van der Waals surface area contributed by atoms with Crippen LogP contribution in [0.4, 0.5) is 0 Å². The Labute approximate surface area is 119 Å². The summed E-state index contributed by atoms with van der Waals surface area (Å²) in [7, 11) is 0. The molecule has 0 aliphatic rings. The standard InChI is InChI=1S/C16H17N3O/c1-11-9-12(10-17)19-15(18-11)20-14-8-6-5-7-13(14)16(2,3)4/h5-9H,1-4H3. The van der Waals surface area contributed by atoms with Crippen LogP contribution in [0, 0.1) is 18.3 Å². The van der Waals surface area contributed by atoms with Gasteiger partial charge in [-0.2, -0.15) is 10.2 Å². The van der Waals surface area contributed by atoms with E-state index in [-0.39, 0.29) is 11.4 Å². The molecule has 0 saturated heterocycles. The molecule has 0 unspecified atom stereocenters. The van der Waals surface area contributed by atoms with Crippen LogP contribution in [0.2, 0.25) is 0 Å². The molecule has 0 atom stereocenters. The minimum Gasteiger partial charge on any atom is -0.424 e. The Morgan fingerprint density at radius 2 is 1.85 bits per heavy atom. The number of para-hydroxylation sites is 1. The second-order valence-corrected chi connectivity index (χ2v) is 5.64. The quantitative estimate of drug-likeness (QED) is 0.831. The predicted molar refractivity (Wildman–Crippen MR) is 76.7 cm³/mol. The fourth-order valence-electron chi connectivity index (χ4n) is 1.92. The summed E-state index contributed by atoms with van der Waals surface area (Å²) in [5.41, 5.74) is 2.04. The van der Waals surface area contributed by atoms with Gasteiger partial charge < -0.3 is 4.74 Å². The minimum atomic E-state index is -0.0432. The van der Waals surface area contributed by atoms with Gasteiger partial charge in [0.1, 0.15) is 17.5 Å². The minimum absolute atomic E-state index is 0.0432. The largest absolute Gasteiger partial charge is 0.424 e. The Bertz CT molecular complexity index is 666. The first-order valence-corrected chi connectivity index (χ1v) is 6.43. The average molecular weight is 267 g/mol. The Hall–Kier alpha value is -2.41. The summed E-state index contributed by atoms with van der Waals surface area (Å²) in [6.45, 7) is 8.16. The summed E-state index contributed by atoms with van der Waals surface area (Å²) in [5.74, 6) is 0.717. The fraction of sp³-hybridized carbons (Fsp3) is 0.312. The molecule has 0 aliphatic carbocycles. The van der Waals surface area contributed by atoms with Gasteiger partial charge in [0.15, 0.2) is 0 Å². The van der Waals surface area contributed by atoms with Crippen molar-refractivity contribution in [2.24, 2.45) is 0 Å². The molecule has 1 aromatic carbocycles. The van der Waals surface area contributed by atoms with E-state index in [9.17, 15) is 0 Å². The van der Waals surface area contributed by atoms with Crippen LogP contribution >= 0.6 is 0 Å². The number of hydrogen-bond donors (Lipinski definition) is 0. The highest BCUT2D eigenvalue weighted by atomic mass is 16.5. The molecular formula is C16H17N3O. The lowest BCUT2D eigenvalue weighted by Crippen LogP contribution is -2.12. The van der Waals surface area contributed by atoms with Crippen LogP contribution in [0.15, 0.2) is 30.3 Å². The summed E-state index contributed by atoms with van der Waals surface area (Å²) >= 11 is 0. The van der Waals surface area contributed by atoms with Crippen molar-refractivity contribution in [2.75, 3.05) is 0 Å². The summed E-state index contributed by atoms with van der Waals surface area (Å²) in [5, 5.41) is 8.94. The lowest BCUT2D eigenvalue weighted by molar-refractivity contribution is 0.421. The Balaban J connectivity index is 2.41. The van der Waals surface area contributed by atoms with Gasteiger partial charge in [-0.1, -0.05) is 39.0 Å². The van der Waals surface area contributed by atoms with E-state index >= 15 is 0 Å². The lowest BCUT2D eigenvalue weighted by Gasteiger charge is -2.22. The second kappa shape index (κ2) is 5.30. The second-order valence-electron chi connectivity index (χ2n) is 5.64. The zero-order valence-electron chi connectivity index (χ0n) is 12.1. The first-order valence-electron chi connectivity index (χ1n) is 6.43. The highest BCUT2D eigenvalue weighted by Crippen LogP contribution is 2.32. The first kappa shape index (κ1) is 14.0. The molecule has 102 valence electrons. The Kier molecular flexibility index (Phi) is 3.71. The molecule has 0 aliphatic heterocycles. The van der Waals surface area contributed by atoms with Crippen molar-refractivity contribution in [3.05, 3.63) is 47.3 Å². The zero-order valence-corrected chi connectivity index (χ0v) is 12.1. The molecule has 1 heterocycles. The number of nitriles is 1. The van der Waals surface area contributed by atoms with Crippen LogP contribution in [0.1, 0.15) is 37.7 Å². The van der Waals surface area contributed by atoms with E-state index in [0.717, 1.165) is 11.3 Å². The molecule has 0 bridgehead atoms. The van der Waals surface area contributed by atoms with Crippen molar-refractivity contribution in [3.8, 4) is 17.8 Å². The SMILES string of the molecule is Cc1cc(C#N)nc(Oc2ccccc2C(C)(C)C)n1. The molecule has 0 N–H and O–H groups in total. The molecule has 20 heavy (non-hydrogen) atoms. The highest BCUT2D eigenvalue weighted by Gasteiger charge is 2.19. The smallest absolute Gasteiger partial charge is 0.323 e. The van der Waals surface area contributed by atoms with Crippen LogP contribution in [-0.2, 0) is 5.41 Å². The fourth-order valence-corrected chi connectivity index (χ4v) is 1.92. The van der Waals surface area contributed by atoms with E-state index in [1.165, 1.54) is 0 Å². The normalized spacial score (nSPS) is 10.9. The third-order valence-corrected chi connectivity index (χ3v) is 2.84. The average Bonchev–Trinajstić information content (AvgIpc) is 2.37. The molecular weight excluding hydrogens is 250 g/mol. The molecule has 0 radical (unpaired) electrons. The van der Waals surface area contributed by atoms with Crippen molar-refractivity contribution in [3.63, 3.8) is 0 Å². The third kappa shape index (κ3) is 3.12. The van der Waals surface area contributed by atoms with E-state index in [2.05, 4.69) is 30.7 Å². The van der Waals surface area contributed by atoms with Crippen LogP contribution in [0.5, 0.6) is 11.8 Å². The van der Waals surface area contributed by atoms with Gasteiger partial charge in [-0.25, -0.2) is 4.98 Å². The summed E-state index contributed by atoms with van der Waals surface area (Å²) < 4.78 is 5.79. The van der Waals surface area contributed by atoms with Gasteiger partial charge in [0, 0.05) is 11.3 Å². The number of ether oxygens (including phenoxy) is 1. The molecule has 2 rings (SSSR count). The van der Waals surface area contributed by atoms with Crippen molar-refractivity contribution in [1.82, 2.24) is 9.97 Å².